The molecule has 1 saturated heterocycles. The van der Waals surface area contributed by atoms with Crippen LogP contribution in [0.1, 0.15) is 140 Å². The van der Waals surface area contributed by atoms with Crippen LogP contribution in [0.5, 0.6) is 0 Å². The average Bonchev–Trinajstić information content (AvgIpc) is 0.870. The molecular formula is C64H106F6N16O19. The number of alkyl halides is 6. The number of carbonyl (C=O) groups is 13. The SMILES string of the molecule is CC[C@H](C)[C@@H]1NC(=O)[C@@H](CCCN=C(N)N)NC(=O)[C@H](CC(C)C)NC(=O)[C@H]([C@H](O)C(C)C)NC(=O)[C@@H](NC(=O)[C@H](CC(C)(C)C)NC[C@@H](N)CC(C)(C)C)[C@@H](c2ccccc2)NC(=O)[C@H](CO)NC(=O)[C@H]([C@H](O)C(N)=O)NC(=O)CNC(=O)[C@H]([C@H](C)O)NC1=O.O=C(O)C(F)(F)F.O=C(O)C(F)(F)F. The van der Waals surface area contributed by atoms with Crippen molar-refractivity contribution >= 4 is 82.9 Å². The summed E-state index contributed by atoms with van der Waals surface area (Å²) >= 11 is 0. The van der Waals surface area contributed by atoms with E-state index in [0.717, 1.165) is 6.92 Å². The molecule has 0 unspecified atom stereocenters. The van der Waals surface area contributed by atoms with E-state index in [-0.39, 0.29) is 68.0 Å². The minimum atomic E-state index is -5.08. The Labute approximate surface area is 603 Å². The summed E-state index contributed by atoms with van der Waals surface area (Å²) < 4.78 is 63.5. The van der Waals surface area contributed by atoms with Crippen molar-refractivity contribution < 1.29 is 119 Å². The number of rotatable bonds is 22. The molecule has 1 heterocycles. The van der Waals surface area contributed by atoms with Crippen molar-refractivity contribution in [2.75, 3.05) is 26.2 Å². The lowest BCUT2D eigenvalue weighted by atomic mass is 9.86. The first-order valence-electron chi connectivity index (χ1n) is 33.2. The molecule has 105 heavy (non-hydrogen) atoms. The van der Waals surface area contributed by atoms with Crippen LogP contribution in [-0.4, -0.2) is 231 Å². The molecule has 25 N–H and O–H groups in total. The summed E-state index contributed by atoms with van der Waals surface area (Å²) in [4.78, 5) is 179. The second-order valence-electron chi connectivity index (χ2n) is 28.1. The number of carbonyl (C=O) groups excluding carboxylic acids is 11. The maximum atomic E-state index is 15.5. The second kappa shape index (κ2) is 44.0. The number of hydrogen-bond acceptors (Lipinski definition) is 20. The standard InChI is InChI=1S/C60H104N16O15.2C2HF3O2/c1-14-31(6)40-54(88)73-41(32(7)78)53(87)67-27-39(79)71-45(47(81)48(62)82)57(91)70-38(28-77)52(86)74-42(33-19-16-15-17-20-33)43(75-51(85)37(25-60(11,12)13)66-26-34(61)24-59(8,9)10)55(89)76-44(46(80)30(4)5)56(90)69-36(23-29(2)3)50(84)68-35(49(83)72-40)21-18-22-65-58(63)64;2*3-2(4,5)1(6)7/h15-17,19-20,29-32,34-38,40-47,66,77-78,80-81H,14,18,21-28,61H2,1-13H3,(H2,62,82)(H,67,87)(H,68,84)(H,69,90)(H,70,91)(H,71,79)(H,72,83)(H,73,88)(H,74,86)(H,75,85)(H,76,89)(H4,63,64,65);2*(H,6,7)/t31-,32-,34-,35+,36-,37-,38-,40-,41-,42+,43-,44-,45-,46+,47-;;/m0../s1. The number of benzene rings is 1. The third-order valence-electron chi connectivity index (χ3n) is 15.3. The van der Waals surface area contributed by atoms with E-state index in [1.165, 1.54) is 38.1 Å². The Kier molecular flexibility index (Phi) is 40.2. The summed E-state index contributed by atoms with van der Waals surface area (Å²) in [6.45, 7) is 20.3. The number of aliphatic hydroxyl groups is 4. The number of carboxylic acid groups (broad SMARTS) is 2. The van der Waals surface area contributed by atoms with E-state index in [4.69, 9.17) is 42.7 Å². The summed E-state index contributed by atoms with van der Waals surface area (Å²) in [5.74, 6) is -20.5. The Hall–Kier alpha value is -9.06. The second-order valence-corrected chi connectivity index (χ2v) is 28.1. The van der Waals surface area contributed by atoms with Gasteiger partial charge in [0.25, 0.3) is 0 Å². The molecule has 35 nitrogen and oxygen atoms in total. The van der Waals surface area contributed by atoms with Crippen molar-refractivity contribution in [3.8, 4) is 0 Å². The molecule has 15 atom stereocenters. The van der Waals surface area contributed by atoms with Gasteiger partial charge >= 0.3 is 24.3 Å². The average molecular weight is 1520 g/mol. The van der Waals surface area contributed by atoms with Gasteiger partial charge in [0.2, 0.25) is 65.0 Å². The molecule has 0 aromatic heterocycles. The zero-order valence-corrected chi connectivity index (χ0v) is 60.8. The van der Waals surface area contributed by atoms with Gasteiger partial charge in [-0.15, -0.1) is 0 Å². The molecule has 1 aromatic rings. The molecule has 0 aliphatic carbocycles. The first-order chi connectivity index (χ1) is 48.1. The largest absolute Gasteiger partial charge is 0.490 e. The van der Waals surface area contributed by atoms with E-state index in [9.17, 15) is 89.9 Å². The van der Waals surface area contributed by atoms with Gasteiger partial charge in [-0.25, -0.2) is 9.59 Å². The van der Waals surface area contributed by atoms with Crippen LogP contribution in [0.25, 0.3) is 0 Å². The van der Waals surface area contributed by atoms with E-state index in [1.54, 1.807) is 33.8 Å². The van der Waals surface area contributed by atoms with Gasteiger partial charge < -0.3 is 112 Å². The maximum absolute atomic E-state index is 15.5. The molecule has 11 amide bonds. The number of hydrogen-bond donors (Lipinski definition) is 21. The van der Waals surface area contributed by atoms with Crippen LogP contribution in [-0.2, 0) is 62.3 Å². The molecule has 41 heteroatoms. The minimum Gasteiger partial charge on any atom is -0.475 e. The van der Waals surface area contributed by atoms with Gasteiger partial charge in [-0.05, 0) is 73.2 Å². The van der Waals surface area contributed by atoms with E-state index in [2.05, 4.69) is 58.2 Å². The highest BCUT2D eigenvalue weighted by Gasteiger charge is 2.44. The smallest absolute Gasteiger partial charge is 0.475 e. The first kappa shape index (κ1) is 95.9. The van der Waals surface area contributed by atoms with Crippen molar-refractivity contribution in [1.29, 1.82) is 0 Å². The number of amides is 11. The number of carboxylic acids is 2. The minimum absolute atomic E-state index is 0.0295. The third kappa shape index (κ3) is 36.5. The Morgan fingerprint density at radius 3 is 1.53 bits per heavy atom. The van der Waals surface area contributed by atoms with Gasteiger partial charge in [0.05, 0.1) is 37.4 Å². The van der Waals surface area contributed by atoms with Crippen LogP contribution < -0.4 is 81.4 Å². The number of aliphatic carboxylic acids is 2. The first-order valence-corrected chi connectivity index (χ1v) is 33.2. The number of primary amides is 1. The lowest BCUT2D eigenvalue weighted by Gasteiger charge is -2.35. The molecule has 598 valence electrons. The van der Waals surface area contributed by atoms with Crippen molar-refractivity contribution in [2.45, 2.75) is 226 Å². The van der Waals surface area contributed by atoms with E-state index in [0.29, 0.717) is 6.42 Å². The lowest BCUT2D eigenvalue weighted by molar-refractivity contribution is -0.193. The quantitative estimate of drug-likeness (QED) is 0.0234. The summed E-state index contributed by atoms with van der Waals surface area (Å²) in [5.41, 5.74) is 22.4. The number of halogens is 6. The van der Waals surface area contributed by atoms with Crippen molar-refractivity contribution in [2.24, 2.45) is 56.5 Å². The summed E-state index contributed by atoms with van der Waals surface area (Å²) in [7, 11) is 0. The van der Waals surface area contributed by atoms with Crippen molar-refractivity contribution in [3.05, 3.63) is 35.9 Å². The Balaban J connectivity index is 0.00000696. The number of nitrogens with one attached hydrogen (secondary N) is 11. The zero-order valence-electron chi connectivity index (χ0n) is 60.8. The van der Waals surface area contributed by atoms with Crippen LogP contribution >= 0.6 is 0 Å². The number of nitrogens with zero attached hydrogens (tertiary/aromatic N) is 1. The molecule has 1 fully saturated rings. The Bertz CT molecular complexity index is 3070. The van der Waals surface area contributed by atoms with E-state index < -0.39 is 204 Å². The molecule has 2 rings (SSSR count). The van der Waals surface area contributed by atoms with Crippen molar-refractivity contribution in [1.82, 2.24) is 58.5 Å². The predicted molar refractivity (Wildman–Crippen MR) is 365 cm³/mol. The van der Waals surface area contributed by atoms with Gasteiger partial charge in [-0.1, -0.05) is 120 Å². The zero-order chi connectivity index (χ0) is 81.6. The van der Waals surface area contributed by atoms with Crippen molar-refractivity contribution in [3.63, 3.8) is 0 Å². The summed E-state index contributed by atoms with van der Waals surface area (Å²) in [6, 6.07) is -10.4. The highest BCUT2D eigenvalue weighted by atomic mass is 19.4. The van der Waals surface area contributed by atoms with Crippen LogP contribution in [0.15, 0.2) is 35.3 Å². The van der Waals surface area contributed by atoms with Gasteiger partial charge in [0.15, 0.2) is 12.1 Å². The predicted octanol–water partition coefficient (Wildman–Crippen LogP) is -3.34. The third-order valence-corrected chi connectivity index (χ3v) is 15.3. The topological polar surface area (TPSA) is 592 Å². The lowest BCUT2D eigenvalue weighted by Crippen LogP contribution is -2.65. The fourth-order valence-electron chi connectivity index (χ4n) is 9.81. The highest BCUT2D eigenvalue weighted by Crippen LogP contribution is 2.25. The number of nitrogens with two attached hydrogens (primary N) is 4. The summed E-state index contributed by atoms with van der Waals surface area (Å²) in [5, 5.41) is 86.3. The van der Waals surface area contributed by atoms with E-state index >= 15 is 9.59 Å². The van der Waals surface area contributed by atoms with Crippen LogP contribution in [0, 0.1) is 28.6 Å². The van der Waals surface area contributed by atoms with Crippen LogP contribution in [0.4, 0.5) is 26.3 Å². The van der Waals surface area contributed by atoms with Gasteiger partial charge in [0, 0.05) is 19.1 Å². The highest BCUT2D eigenvalue weighted by molar-refractivity contribution is 6.00. The fraction of sp³-hybridized carbons (Fsp3) is 0.688. The molecule has 1 aliphatic rings. The van der Waals surface area contributed by atoms with Crippen LogP contribution in [0.3, 0.4) is 0 Å². The molecular weight excluding hydrogens is 1410 g/mol. The molecule has 1 aromatic carbocycles. The fourth-order valence-corrected chi connectivity index (χ4v) is 9.81. The van der Waals surface area contributed by atoms with Gasteiger partial charge in [-0.2, -0.15) is 26.3 Å². The Morgan fingerprint density at radius 2 is 1.08 bits per heavy atom. The number of aliphatic imine (C=N–C) groups is 1. The molecule has 0 radical (unpaired) electrons. The molecule has 0 bridgehead atoms. The summed E-state index contributed by atoms with van der Waals surface area (Å²) in [6.07, 6.45) is -15.4. The monoisotopic (exact) mass is 1520 g/mol. The van der Waals surface area contributed by atoms with E-state index in [1.807, 2.05) is 46.9 Å². The Morgan fingerprint density at radius 1 is 0.610 bits per heavy atom. The number of guanidine groups is 1. The van der Waals surface area contributed by atoms with Gasteiger partial charge in [0.1, 0.15) is 48.3 Å². The number of aliphatic hydroxyl groups excluding tert-OH is 4. The van der Waals surface area contributed by atoms with Gasteiger partial charge in [-0.3, -0.25) is 57.7 Å². The molecule has 1 aliphatic heterocycles. The molecule has 0 saturated carbocycles. The normalized spacial score (nSPS) is 23.1. The molecule has 0 spiro atoms. The maximum Gasteiger partial charge on any atom is 0.490 e. The van der Waals surface area contributed by atoms with Crippen LogP contribution in [0.2, 0.25) is 0 Å².